The van der Waals surface area contributed by atoms with Crippen LogP contribution in [0, 0.1) is 5.82 Å². The lowest BCUT2D eigenvalue weighted by molar-refractivity contribution is 0.0954. The highest BCUT2D eigenvalue weighted by Crippen LogP contribution is 2.23. The number of halogens is 1. The molecule has 1 amide bonds. The minimum atomic E-state index is -0.283. The molecule has 0 bridgehead atoms. The lowest BCUT2D eigenvalue weighted by atomic mass is 10.0. The zero-order valence-corrected chi connectivity index (χ0v) is 14.5. The molecule has 0 atom stereocenters. The van der Waals surface area contributed by atoms with Crippen LogP contribution in [0.15, 0.2) is 36.7 Å². The molecule has 0 unspecified atom stereocenters. The topological polar surface area (TPSA) is 56.9 Å². The van der Waals surface area contributed by atoms with E-state index >= 15 is 0 Å². The van der Waals surface area contributed by atoms with E-state index in [1.165, 1.54) is 50.7 Å². The van der Waals surface area contributed by atoms with Crippen LogP contribution < -0.4 is 10.6 Å². The zero-order valence-electron chi connectivity index (χ0n) is 14.5. The van der Waals surface area contributed by atoms with Crippen LogP contribution in [0.4, 0.5) is 4.39 Å². The second-order valence-electron chi connectivity index (χ2n) is 6.69. The molecule has 3 N–H and O–H groups in total. The molecule has 4 nitrogen and oxygen atoms in total. The summed E-state index contributed by atoms with van der Waals surface area (Å²) >= 11 is 0. The molecule has 25 heavy (non-hydrogen) atoms. The number of H-pyrrole nitrogens is 1. The van der Waals surface area contributed by atoms with E-state index in [0.717, 1.165) is 17.7 Å². The van der Waals surface area contributed by atoms with E-state index in [1.807, 2.05) is 0 Å². The molecule has 2 aromatic rings. The Labute approximate surface area is 148 Å². The summed E-state index contributed by atoms with van der Waals surface area (Å²) < 4.78 is 13.1. The maximum atomic E-state index is 13.1. The molecule has 1 aliphatic rings. The Morgan fingerprint density at radius 2 is 1.76 bits per heavy atom. The first kappa shape index (κ1) is 17.7. The van der Waals surface area contributed by atoms with Crippen molar-refractivity contribution in [3.05, 3.63) is 48.0 Å². The highest BCUT2D eigenvalue weighted by atomic mass is 19.1. The van der Waals surface area contributed by atoms with Crippen LogP contribution in [-0.4, -0.2) is 30.0 Å². The molecular weight excluding hydrogens is 317 g/mol. The van der Waals surface area contributed by atoms with Crippen molar-refractivity contribution in [1.82, 2.24) is 15.6 Å². The van der Waals surface area contributed by atoms with Gasteiger partial charge in [-0.1, -0.05) is 37.8 Å². The number of carbonyl (C=O) groups excluding carboxylic acids is 1. The molecule has 3 rings (SSSR count). The number of hydrogen-bond donors (Lipinski definition) is 3. The van der Waals surface area contributed by atoms with Crippen LogP contribution in [0.2, 0.25) is 0 Å². The fourth-order valence-corrected chi connectivity index (χ4v) is 3.45. The van der Waals surface area contributed by atoms with Gasteiger partial charge in [-0.3, -0.25) is 4.79 Å². The van der Waals surface area contributed by atoms with Gasteiger partial charge in [-0.15, -0.1) is 0 Å². The van der Waals surface area contributed by atoms with Crippen molar-refractivity contribution in [1.29, 1.82) is 0 Å². The Morgan fingerprint density at radius 1 is 1.04 bits per heavy atom. The van der Waals surface area contributed by atoms with Crippen LogP contribution in [0.1, 0.15) is 48.9 Å². The van der Waals surface area contributed by atoms with Gasteiger partial charge in [0.25, 0.3) is 5.91 Å². The van der Waals surface area contributed by atoms with E-state index in [0.29, 0.717) is 18.2 Å². The Morgan fingerprint density at radius 3 is 2.48 bits per heavy atom. The van der Waals surface area contributed by atoms with Gasteiger partial charge in [-0.2, -0.15) is 0 Å². The number of amides is 1. The summed E-state index contributed by atoms with van der Waals surface area (Å²) in [5, 5.41) is 6.52. The smallest absolute Gasteiger partial charge is 0.253 e. The number of rotatable bonds is 6. The fourth-order valence-electron chi connectivity index (χ4n) is 3.45. The third-order valence-corrected chi connectivity index (χ3v) is 4.84. The van der Waals surface area contributed by atoms with Gasteiger partial charge in [0.2, 0.25) is 0 Å². The molecule has 1 aromatic heterocycles. The predicted molar refractivity (Wildman–Crippen MR) is 98.0 cm³/mol. The average molecular weight is 343 g/mol. The van der Waals surface area contributed by atoms with E-state index in [2.05, 4.69) is 15.6 Å². The quantitative estimate of drug-likeness (QED) is 0.551. The van der Waals surface area contributed by atoms with E-state index in [9.17, 15) is 9.18 Å². The van der Waals surface area contributed by atoms with Crippen molar-refractivity contribution in [2.24, 2.45) is 0 Å². The van der Waals surface area contributed by atoms with Crippen molar-refractivity contribution in [2.75, 3.05) is 13.1 Å². The highest BCUT2D eigenvalue weighted by molar-refractivity contribution is 6.00. The van der Waals surface area contributed by atoms with Gasteiger partial charge in [0.15, 0.2) is 0 Å². The largest absolute Gasteiger partial charge is 0.366 e. The maximum absolute atomic E-state index is 13.1. The molecule has 1 heterocycles. The van der Waals surface area contributed by atoms with Crippen molar-refractivity contribution in [3.63, 3.8) is 0 Å². The van der Waals surface area contributed by atoms with Gasteiger partial charge < -0.3 is 15.6 Å². The van der Waals surface area contributed by atoms with Gasteiger partial charge >= 0.3 is 0 Å². The summed E-state index contributed by atoms with van der Waals surface area (Å²) in [5.74, 6) is -0.391. The van der Waals surface area contributed by atoms with E-state index < -0.39 is 0 Å². The van der Waals surface area contributed by atoms with Crippen LogP contribution in [0.3, 0.4) is 0 Å². The van der Waals surface area contributed by atoms with Crippen molar-refractivity contribution in [3.8, 4) is 11.1 Å². The lowest BCUT2D eigenvalue weighted by Crippen LogP contribution is -2.36. The summed E-state index contributed by atoms with van der Waals surface area (Å²) in [6, 6.07) is 6.76. The zero-order chi connectivity index (χ0) is 17.5. The first-order valence-corrected chi connectivity index (χ1v) is 9.18. The minimum absolute atomic E-state index is 0.108. The molecule has 0 radical (unpaired) electrons. The molecule has 134 valence electrons. The minimum Gasteiger partial charge on any atom is -0.366 e. The number of aromatic nitrogens is 1. The van der Waals surface area contributed by atoms with Gasteiger partial charge in [0.05, 0.1) is 5.56 Å². The first-order chi connectivity index (χ1) is 12.2. The van der Waals surface area contributed by atoms with Crippen LogP contribution >= 0.6 is 0 Å². The molecule has 5 heteroatoms. The Kier molecular flexibility index (Phi) is 6.23. The van der Waals surface area contributed by atoms with Crippen molar-refractivity contribution >= 4 is 5.91 Å². The summed E-state index contributed by atoms with van der Waals surface area (Å²) in [5.41, 5.74) is 2.19. The molecule has 1 aromatic carbocycles. The number of carbonyl (C=O) groups is 1. The Hall–Kier alpha value is -2.14. The summed E-state index contributed by atoms with van der Waals surface area (Å²) in [4.78, 5) is 15.4. The predicted octanol–water partition coefficient (Wildman–Crippen LogP) is 3.86. The molecule has 1 saturated carbocycles. The maximum Gasteiger partial charge on any atom is 0.253 e. The normalized spacial score (nSPS) is 15.7. The summed E-state index contributed by atoms with van der Waals surface area (Å²) in [7, 11) is 0. The van der Waals surface area contributed by atoms with E-state index in [4.69, 9.17) is 0 Å². The van der Waals surface area contributed by atoms with Crippen LogP contribution in [0.25, 0.3) is 11.1 Å². The van der Waals surface area contributed by atoms with E-state index in [-0.39, 0.29) is 11.7 Å². The molecular formula is C20H26FN3O. The van der Waals surface area contributed by atoms with Gasteiger partial charge in [-0.05, 0) is 30.5 Å². The number of nitrogens with one attached hydrogen (secondary N) is 3. The number of aromatic amines is 1. The van der Waals surface area contributed by atoms with Crippen molar-refractivity contribution < 1.29 is 9.18 Å². The first-order valence-electron chi connectivity index (χ1n) is 9.18. The van der Waals surface area contributed by atoms with Gasteiger partial charge in [0, 0.05) is 37.1 Å². The van der Waals surface area contributed by atoms with Crippen molar-refractivity contribution in [2.45, 2.75) is 44.6 Å². The average Bonchev–Trinajstić information content (AvgIpc) is 2.96. The monoisotopic (exact) mass is 343 g/mol. The van der Waals surface area contributed by atoms with Crippen LogP contribution in [-0.2, 0) is 0 Å². The summed E-state index contributed by atoms with van der Waals surface area (Å²) in [6.07, 6.45) is 11.2. The standard InChI is InChI=1S/C20H26FN3O/c21-16-9-7-15(8-10-16)18-13-22-14-19(18)20(25)24-12-11-23-17-5-3-1-2-4-6-17/h7-10,13-14,17,22-23H,1-6,11-12H2,(H,24,25). The fraction of sp³-hybridized carbons (Fsp3) is 0.450. The van der Waals surface area contributed by atoms with Gasteiger partial charge in [-0.25, -0.2) is 4.39 Å². The van der Waals surface area contributed by atoms with Crippen LogP contribution in [0.5, 0.6) is 0 Å². The number of benzene rings is 1. The molecule has 0 saturated heterocycles. The third kappa shape index (κ3) is 4.92. The van der Waals surface area contributed by atoms with Gasteiger partial charge in [0.1, 0.15) is 5.82 Å². The summed E-state index contributed by atoms with van der Waals surface area (Å²) in [6.45, 7) is 1.39. The Bertz CT molecular complexity index is 673. The lowest BCUT2D eigenvalue weighted by Gasteiger charge is -2.16. The molecule has 0 spiro atoms. The number of hydrogen-bond acceptors (Lipinski definition) is 2. The van der Waals surface area contributed by atoms with E-state index in [1.54, 1.807) is 24.5 Å². The SMILES string of the molecule is O=C(NCCNC1CCCCCC1)c1c[nH]cc1-c1ccc(F)cc1. The molecule has 1 aliphatic carbocycles. The third-order valence-electron chi connectivity index (χ3n) is 4.84. The highest BCUT2D eigenvalue weighted by Gasteiger charge is 2.14. The Balaban J connectivity index is 1.50. The second-order valence-corrected chi connectivity index (χ2v) is 6.69. The molecule has 0 aliphatic heterocycles. The molecule has 1 fully saturated rings. The second kappa shape index (κ2) is 8.81.